The van der Waals surface area contributed by atoms with Gasteiger partial charge in [0, 0.05) is 35.2 Å². The number of anilines is 1. The summed E-state index contributed by atoms with van der Waals surface area (Å²) < 4.78 is 28.7. The second kappa shape index (κ2) is 8.50. The van der Waals surface area contributed by atoms with Crippen molar-refractivity contribution in [3.05, 3.63) is 106 Å². The normalized spacial score (nSPS) is 10.8. The highest BCUT2D eigenvalue weighted by Gasteiger charge is 2.19. The molecule has 1 amide bonds. The lowest BCUT2D eigenvalue weighted by Crippen LogP contribution is -2.24. The van der Waals surface area contributed by atoms with Crippen molar-refractivity contribution < 1.29 is 18.4 Å². The molecule has 0 aliphatic rings. The Bertz CT molecular complexity index is 1400. The number of pyridine rings is 2. The van der Waals surface area contributed by atoms with Crippen LogP contribution in [0.15, 0.2) is 71.9 Å². The molecule has 4 rings (SSSR count). The molecule has 2 aromatic carbocycles. The zero-order chi connectivity index (χ0) is 22.8. The summed E-state index contributed by atoms with van der Waals surface area (Å²) in [5.41, 5.74) is 0.350. The summed E-state index contributed by atoms with van der Waals surface area (Å²) in [6.45, 7) is 1.21. The molecule has 0 aliphatic heterocycles. The fraction of sp³-hybridized carbons (Fsp3) is 0.0833. The van der Waals surface area contributed by atoms with Gasteiger partial charge in [-0.2, -0.15) is 0 Å². The number of aromatic nitrogens is 2. The van der Waals surface area contributed by atoms with Gasteiger partial charge in [0.1, 0.15) is 18.2 Å². The number of ketones is 1. The molecule has 1 N–H and O–H groups in total. The number of halogens is 2. The van der Waals surface area contributed by atoms with Crippen LogP contribution >= 0.6 is 0 Å². The summed E-state index contributed by atoms with van der Waals surface area (Å²) >= 11 is 0. The van der Waals surface area contributed by atoms with E-state index in [2.05, 4.69) is 10.3 Å². The standard InChI is InChI=1S/C24H17F2N3O3/c1-14-10-18-21(11-20(14)26)29(13-22(30)28-17-4-2-16(25)3-5-17)12-19(24(18)32)23(31)15-6-8-27-9-7-15/h2-12H,13H2,1H3,(H,28,30). The van der Waals surface area contributed by atoms with Gasteiger partial charge in [-0.3, -0.25) is 19.4 Å². The number of nitrogens with one attached hydrogen (secondary N) is 1. The number of nitrogens with zero attached hydrogens (tertiary/aromatic N) is 2. The molecule has 6 nitrogen and oxygen atoms in total. The Kier molecular flexibility index (Phi) is 5.59. The lowest BCUT2D eigenvalue weighted by molar-refractivity contribution is -0.116. The molecule has 160 valence electrons. The number of amides is 1. The van der Waals surface area contributed by atoms with Crippen molar-refractivity contribution in [2.45, 2.75) is 13.5 Å². The number of benzene rings is 2. The smallest absolute Gasteiger partial charge is 0.244 e. The van der Waals surface area contributed by atoms with Gasteiger partial charge in [0.2, 0.25) is 11.3 Å². The van der Waals surface area contributed by atoms with Gasteiger partial charge in [-0.25, -0.2) is 8.78 Å². The highest BCUT2D eigenvalue weighted by Crippen LogP contribution is 2.19. The van der Waals surface area contributed by atoms with E-state index in [0.29, 0.717) is 5.69 Å². The molecule has 0 spiro atoms. The van der Waals surface area contributed by atoms with Crippen LogP contribution in [0.2, 0.25) is 0 Å². The van der Waals surface area contributed by atoms with E-state index >= 15 is 0 Å². The minimum absolute atomic E-state index is 0.124. The van der Waals surface area contributed by atoms with Gasteiger partial charge in [-0.1, -0.05) is 0 Å². The van der Waals surface area contributed by atoms with Crippen LogP contribution in [0.25, 0.3) is 10.9 Å². The van der Waals surface area contributed by atoms with E-state index < -0.39 is 28.8 Å². The Balaban J connectivity index is 1.79. The lowest BCUT2D eigenvalue weighted by Gasteiger charge is -2.14. The molecule has 0 radical (unpaired) electrons. The molecule has 0 aliphatic carbocycles. The Morgan fingerprint density at radius 1 is 1.03 bits per heavy atom. The monoisotopic (exact) mass is 433 g/mol. The first-order chi connectivity index (χ1) is 15.3. The van der Waals surface area contributed by atoms with E-state index in [9.17, 15) is 23.2 Å². The molecule has 0 saturated carbocycles. The lowest BCUT2D eigenvalue weighted by atomic mass is 10.0. The molecule has 2 heterocycles. The van der Waals surface area contributed by atoms with E-state index in [1.165, 1.54) is 72.5 Å². The maximum Gasteiger partial charge on any atom is 0.244 e. The Labute approximate surface area is 181 Å². The number of fused-ring (bicyclic) bond motifs is 1. The topological polar surface area (TPSA) is 81.1 Å². The molecule has 0 fully saturated rings. The van der Waals surface area contributed by atoms with Gasteiger partial charge in [-0.05, 0) is 61.0 Å². The SMILES string of the molecule is Cc1cc2c(=O)c(C(=O)c3ccncc3)cn(CC(=O)Nc3ccc(F)cc3)c2cc1F. The van der Waals surface area contributed by atoms with Crippen LogP contribution in [-0.4, -0.2) is 21.2 Å². The second-order valence-corrected chi connectivity index (χ2v) is 7.24. The minimum Gasteiger partial charge on any atom is -0.337 e. The average molecular weight is 433 g/mol. The maximum absolute atomic E-state index is 14.3. The largest absolute Gasteiger partial charge is 0.337 e. The van der Waals surface area contributed by atoms with Crippen LogP contribution in [0, 0.1) is 18.6 Å². The minimum atomic E-state index is -0.555. The first kappa shape index (κ1) is 21.0. The van der Waals surface area contributed by atoms with Crippen LogP contribution in [0.5, 0.6) is 0 Å². The number of hydrogen-bond acceptors (Lipinski definition) is 4. The van der Waals surface area contributed by atoms with Gasteiger partial charge >= 0.3 is 0 Å². The molecule has 0 bridgehead atoms. The molecular formula is C24H17F2N3O3. The molecule has 4 aromatic rings. The maximum atomic E-state index is 14.3. The van der Waals surface area contributed by atoms with Crippen molar-refractivity contribution in [1.82, 2.24) is 9.55 Å². The Morgan fingerprint density at radius 2 is 1.72 bits per heavy atom. The highest BCUT2D eigenvalue weighted by atomic mass is 19.1. The summed E-state index contributed by atoms with van der Waals surface area (Å²) in [5, 5.41) is 2.74. The third-order valence-corrected chi connectivity index (χ3v) is 4.99. The molecular weight excluding hydrogens is 416 g/mol. The number of carbonyl (C=O) groups is 2. The Morgan fingerprint density at radius 3 is 2.41 bits per heavy atom. The van der Waals surface area contributed by atoms with E-state index in [1.807, 2.05) is 0 Å². The van der Waals surface area contributed by atoms with Gasteiger partial charge in [0.15, 0.2) is 5.78 Å². The number of hydrogen-bond donors (Lipinski definition) is 1. The fourth-order valence-electron chi connectivity index (χ4n) is 3.36. The Hall–Kier alpha value is -4.20. The van der Waals surface area contributed by atoms with Gasteiger partial charge in [-0.15, -0.1) is 0 Å². The summed E-state index contributed by atoms with van der Waals surface area (Å²) in [5.74, 6) is -2.02. The quantitative estimate of drug-likeness (QED) is 0.485. The first-order valence-electron chi connectivity index (χ1n) is 9.67. The van der Waals surface area contributed by atoms with Crippen molar-refractivity contribution in [2.24, 2.45) is 0 Å². The predicted octanol–water partition coefficient (Wildman–Crippen LogP) is 3.85. The van der Waals surface area contributed by atoms with E-state index in [-0.39, 0.29) is 34.1 Å². The van der Waals surface area contributed by atoms with E-state index in [4.69, 9.17) is 0 Å². The van der Waals surface area contributed by atoms with Crippen molar-refractivity contribution in [2.75, 3.05) is 5.32 Å². The van der Waals surface area contributed by atoms with Gasteiger partial charge in [0.25, 0.3) is 0 Å². The van der Waals surface area contributed by atoms with Crippen LogP contribution in [0.3, 0.4) is 0 Å². The van der Waals surface area contributed by atoms with Crippen LogP contribution < -0.4 is 10.7 Å². The van der Waals surface area contributed by atoms with Gasteiger partial charge in [0.05, 0.1) is 11.1 Å². The van der Waals surface area contributed by atoms with Crippen LogP contribution in [-0.2, 0) is 11.3 Å². The molecule has 0 unspecified atom stereocenters. The van der Waals surface area contributed by atoms with Crippen LogP contribution in [0.1, 0.15) is 21.5 Å². The molecule has 0 atom stereocenters. The third-order valence-electron chi connectivity index (χ3n) is 4.99. The fourth-order valence-corrected chi connectivity index (χ4v) is 3.36. The van der Waals surface area contributed by atoms with E-state index in [0.717, 1.165) is 6.07 Å². The van der Waals surface area contributed by atoms with Crippen molar-refractivity contribution in [3.63, 3.8) is 0 Å². The summed E-state index contributed by atoms with van der Waals surface area (Å²) in [6, 6.07) is 10.7. The third kappa shape index (κ3) is 4.15. The highest BCUT2D eigenvalue weighted by molar-refractivity contribution is 6.10. The van der Waals surface area contributed by atoms with Crippen LogP contribution in [0.4, 0.5) is 14.5 Å². The number of aryl methyl sites for hydroxylation is 1. The van der Waals surface area contributed by atoms with Gasteiger partial charge < -0.3 is 9.88 Å². The van der Waals surface area contributed by atoms with E-state index in [1.54, 1.807) is 0 Å². The zero-order valence-corrected chi connectivity index (χ0v) is 16.9. The summed E-state index contributed by atoms with van der Waals surface area (Å²) in [6.07, 6.45) is 4.12. The molecule has 8 heteroatoms. The number of carbonyl (C=O) groups excluding carboxylic acids is 2. The zero-order valence-electron chi connectivity index (χ0n) is 16.9. The number of rotatable bonds is 5. The first-order valence-corrected chi connectivity index (χ1v) is 9.67. The van der Waals surface area contributed by atoms with Crippen molar-refractivity contribution in [1.29, 1.82) is 0 Å². The molecule has 0 saturated heterocycles. The summed E-state index contributed by atoms with van der Waals surface area (Å²) in [4.78, 5) is 42.5. The second-order valence-electron chi connectivity index (χ2n) is 7.24. The summed E-state index contributed by atoms with van der Waals surface area (Å²) in [7, 11) is 0. The van der Waals surface area contributed by atoms with Crippen molar-refractivity contribution in [3.8, 4) is 0 Å². The average Bonchev–Trinajstić information content (AvgIpc) is 2.78. The molecule has 2 aromatic heterocycles. The predicted molar refractivity (Wildman–Crippen MR) is 116 cm³/mol. The molecule has 32 heavy (non-hydrogen) atoms. The van der Waals surface area contributed by atoms with Crippen molar-refractivity contribution >= 4 is 28.3 Å².